The number of nitrogens with zero attached hydrogens (tertiary/aromatic N) is 10. The zero-order chi connectivity index (χ0) is 29.1. The van der Waals surface area contributed by atoms with E-state index in [-0.39, 0.29) is 17.4 Å². The summed E-state index contributed by atoms with van der Waals surface area (Å²) in [6.07, 6.45) is 3.52. The molecule has 38 heavy (non-hydrogen) atoms. The van der Waals surface area contributed by atoms with Gasteiger partial charge < -0.3 is 25.8 Å². The molecule has 6 heterocycles. The van der Waals surface area contributed by atoms with Crippen molar-refractivity contribution in [3.05, 3.63) is 42.0 Å². The van der Waals surface area contributed by atoms with Crippen molar-refractivity contribution >= 4 is 34.7 Å². The van der Waals surface area contributed by atoms with Crippen LogP contribution >= 0.6 is 0 Å². The van der Waals surface area contributed by atoms with Crippen molar-refractivity contribution in [2.75, 3.05) is 49.7 Å². The maximum absolute atomic E-state index is 13.0. The highest BCUT2D eigenvalue weighted by Crippen LogP contribution is 2.45. The molecule has 2 aliphatic rings. The van der Waals surface area contributed by atoms with Gasteiger partial charge in [0.2, 0.25) is 0 Å². The molecule has 2 aliphatic heterocycles. The van der Waals surface area contributed by atoms with E-state index < -0.39 is 12.9 Å². The normalized spacial score (nSPS) is 18.5. The quantitative estimate of drug-likeness (QED) is 0.343. The van der Waals surface area contributed by atoms with Crippen molar-refractivity contribution in [3.63, 3.8) is 0 Å². The Morgan fingerprint density at radius 2 is 1.92 bits per heavy atom. The van der Waals surface area contributed by atoms with Crippen molar-refractivity contribution in [1.29, 1.82) is 0 Å². The van der Waals surface area contributed by atoms with Gasteiger partial charge in [-0.3, -0.25) is 9.48 Å². The molecule has 4 aromatic heterocycles. The first-order chi connectivity index (χ1) is 19.5. The third-order valence-electron chi connectivity index (χ3n) is 6.91. The predicted molar refractivity (Wildman–Crippen MR) is 142 cm³/mol. The predicted octanol–water partition coefficient (Wildman–Crippen LogP) is 1.71. The fraction of sp³-hybridized carbons (Fsp3) is 0.375. The number of hydrogen-bond acceptors (Lipinski definition) is 11. The molecule has 0 bridgehead atoms. The lowest BCUT2D eigenvalue weighted by Crippen LogP contribution is -2.45. The summed E-state index contributed by atoms with van der Waals surface area (Å²) in [5, 5.41) is 30.2. The molecule has 0 saturated carbocycles. The van der Waals surface area contributed by atoms with E-state index in [2.05, 4.69) is 53.1 Å². The second-order valence-corrected chi connectivity index (χ2v) is 9.52. The van der Waals surface area contributed by atoms with E-state index in [0.717, 1.165) is 35.7 Å². The molecular weight excluding hydrogens is 486 g/mol. The van der Waals surface area contributed by atoms with Crippen LogP contribution in [0.25, 0.3) is 11.3 Å². The van der Waals surface area contributed by atoms with Gasteiger partial charge in [-0.2, -0.15) is 20.1 Å². The Labute approximate surface area is 223 Å². The lowest BCUT2D eigenvalue weighted by molar-refractivity contribution is 0.0958. The van der Waals surface area contributed by atoms with E-state index in [9.17, 15) is 4.79 Å². The zero-order valence-corrected chi connectivity index (χ0v) is 21.3. The van der Waals surface area contributed by atoms with Crippen molar-refractivity contribution in [1.82, 2.24) is 50.2 Å². The van der Waals surface area contributed by atoms with Crippen LogP contribution in [0.3, 0.4) is 0 Å². The van der Waals surface area contributed by atoms with E-state index in [4.69, 9.17) is 4.11 Å². The summed E-state index contributed by atoms with van der Waals surface area (Å²) in [6, 6.07) is 5.44. The van der Waals surface area contributed by atoms with Gasteiger partial charge in [-0.25, -0.2) is 4.98 Å². The third-order valence-corrected chi connectivity index (χ3v) is 6.91. The second-order valence-electron chi connectivity index (χ2n) is 9.52. The van der Waals surface area contributed by atoms with Crippen molar-refractivity contribution in [2.24, 2.45) is 7.05 Å². The average Bonchev–Trinajstić information content (AvgIpc) is 3.51. The van der Waals surface area contributed by atoms with Gasteiger partial charge in [-0.1, -0.05) is 0 Å². The molecule has 14 nitrogen and oxygen atoms in total. The Balaban J connectivity index is 1.36. The minimum absolute atomic E-state index is 0.104. The highest BCUT2D eigenvalue weighted by Gasteiger charge is 2.33. The SMILES string of the molecule is [2H]C([2H])([2H])NC(=O)c1nnc(Nc2ccn(C3CN(C)C3)n2)cc1Nc1nccc2c1N(C)[C@H](C)c1nn(C)nc1-2. The van der Waals surface area contributed by atoms with Crippen LogP contribution in [0.1, 0.15) is 39.3 Å². The van der Waals surface area contributed by atoms with Crippen molar-refractivity contribution in [2.45, 2.75) is 19.0 Å². The fourth-order valence-electron chi connectivity index (χ4n) is 4.84. The summed E-state index contributed by atoms with van der Waals surface area (Å²) in [5.41, 5.74) is 3.12. The molecule has 6 rings (SSSR count). The van der Waals surface area contributed by atoms with Gasteiger partial charge in [0, 0.05) is 68.4 Å². The van der Waals surface area contributed by atoms with Crippen LogP contribution in [0.15, 0.2) is 30.6 Å². The highest BCUT2D eigenvalue weighted by molar-refractivity contribution is 5.99. The topological polar surface area (TPSA) is 147 Å². The van der Waals surface area contributed by atoms with Crippen LogP contribution in [0.5, 0.6) is 0 Å². The van der Waals surface area contributed by atoms with Crippen LogP contribution in [0.4, 0.5) is 28.8 Å². The molecule has 3 N–H and O–H groups in total. The van der Waals surface area contributed by atoms with Crippen LogP contribution in [0, 0.1) is 0 Å². The van der Waals surface area contributed by atoms with Crippen molar-refractivity contribution < 1.29 is 8.91 Å². The number of likely N-dealkylation sites (tertiary alicyclic amines) is 1. The van der Waals surface area contributed by atoms with Crippen molar-refractivity contribution in [3.8, 4) is 11.3 Å². The Hall–Kier alpha value is -4.59. The number of anilines is 5. The summed E-state index contributed by atoms with van der Waals surface area (Å²) in [7, 11) is 5.74. The molecule has 0 radical (unpaired) electrons. The molecule has 0 unspecified atom stereocenters. The molecule has 1 saturated heterocycles. The number of carbonyl (C=O) groups is 1. The van der Waals surface area contributed by atoms with Gasteiger partial charge in [0.15, 0.2) is 23.1 Å². The minimum Gasteiger partial charge on any atom is -0.363 e. The average molecular weight is 519 g/mol. The number of nitrogens with one attached hydrogen (secondary N) is 3. The molecule has 14 heteroatoms. The molecule has 196 valence electrons. The first kappa shape index (κ1) is 20.5. The summed E-state index contributed by atoms with van der Waals surface area (Å²) >= 11 is 0. The number of rotatable bonds is 6. The Morgan fingerprint density at radius 3 is 2.71 bits per heavy atom. The Morgan fingerprint density at radius 1 is 1.08 bits per heavy atom. The first-order valence-corrected chi connectivity index (χ1v) is 12.1. The molecule has 0 aromatic carbocycles. The summed E-state index contributed by atoms with van der Waals surface area (Å²) in [4.78, 5) is 23.2. The monoisotopic (exact) mass is 518 g/mol. The molecule has 0 spiro atoms. The first-order valence-electron chi connectivity index (χ1n) is 13.6. The molecule has 0 aliphatic carbocycles. The fourth-order valence-corrected chi connectivity index (χ4v) is 4.84. The van der Waals surface area contributed by atoms with Gasteiger partial charge in [0.1, 0.15) is 11.4 Å². The number of aromatic nitrogens is 8. The number of carbonyl (C=O) groups excluding carboxylic acids is 1. The van der Waals surface area contributed by atoms with Crippen LogP contribution in [-0.2, 0) is 7.05 Å². The van der Waals surface area contributed by atoms with E-state index in [0.29, 0.717) is 23.5 Å². The minimum atomic E-state index is -2.71. The van der Waals surface area contributed by atoms with Gasteiger partial charge in [0.25, 0.3) is 5.91 Å². The van der Waals surface area contributed by atoms with Gasteiger partial charge >= 0.3 is 0 Å². The van der Waals surface area contributed by atoms with Gasteiger partial charge in [-0.05, 0) is 20.0 Å². The summed E-state index contributed by atoms with van der Waals surface area (Å²) in [5.74, 6) is 0.371. The highest BCUT2D eigenvalue weighted by atomic mass is 16.1. The maximum atomic E-state index is 13.0. The standard InChI is InChI=1S/C24H29N13O/c1-13-19-20(33-36(5)32-19)15-6-8-26-23(22(15)35(13)4)27-16-10-18(29-30-21(16)24(38)25-2)28-17-7-9-37(31-17)14-11-34(3)12-14/h6-10,13-14H,11-12H2,1-5H3,(H,25,38)(H2,26,27,28,29,31)/t13-/m1/s1/i2D3. The number of hydrogen-bond donors (Lipinski definition) is 3. The zero-order valence-electron chi connectivity index (χ0n) is 24.3. The van der Waals surface area contributed by atoms with E-state index >= 15 is 0 Å². The lowest BCUT2D eigenvalue weighted by Gasteiger charge is -2.36. The number of fused-ring (bicyclic) bond motifs is 3. The molecule has 1 fully saturated rings. The Kier molecular flexibility index (Phi) is 4.88. The number of aryl methyl sites for hydroxylation is 1. The van der Waals surface area contributed by atoms with Crippen LogP contribution < -0.4 is 20.9 Å². The van der Waals surface area contributed by atoms with Gasteiger partial charge in [-0.15, -0.1) is 10.2 Å². The summed E-state index contributed by atoms with van der Waals surface area (Å²) in [6.45, 7) is 1.14. The lowest BCUT2D eigenvalue weighted by atomic mass is 9.99. The van der Waals surface area contributed by atoms with E-state index in [1.807, 2.05) is 47.2 Å². The van der Waals surface area contributed by atoms with E-state index in [1.165, 1.54) is 4.80 Å². The molecule has 1 atom stereocenters. The number of amides is 1. The Bertz CT molecular complexity index is 1630. The van der Waals surface area contributed by atoms with Gasteiger partial charge in [0.05, 0.1) is 23.5 Å². The molecular formula is C24H29N13O. The third kappa shape index (κ3) is 3.98. The summed E-state index contributed by atoms with van der Waals surface area (Å²) < 4.78 is 24.3. The smallest absolute Gasteiger partial charge is 0.273 e. The maximum Gasteiger partial charge on any atom is 0.273 e. The number of likely N-dealkylation sites (N-methyl/N-ethyl adjacent to an activating group) is 1. The molecule has 4 aromatic rings. The second kappa shape index (κ2) is 9.06. The van der Waals surface area contributed by atoms with Crippen LogP contribution in [0.2, 0.25) is 0 Å². The number of pyridine rings is 1. The van der Waals surface area contributed by atoms with E-state index in [1.54, 1.807) is 19.3 Å². The molecule has 1 amide bonds. The van der Waals surface area contributed by atoms with Crippen LogP contribution in [-0.4, -0.2) is 84.9 Å². The largest absolute Gasteiger partial charge is 0.363 e.